The van der Waals surface area contributed by atoms with Crippen molar-refractivity contribution in [1.82, 2.24) is 0 Å². The number of esters is 1. The molecule has 1 N–H and O–H groups in total. The van der Waals surface area contributed by atoms with Gasteiger partial charge in [-0.15, -0.1) is 0 Å². The van der Waals surface area contributed by atoms with E-state index in [-0.39, 0.29) is 24.0 Å². The zero-order valence-electron chi connectivity index (χ0n) is 16.1. The van der Waals surface area contributed by atoms with Gasteiger partial charge in [0.25, 0.3) is 0 Å². The van der Waals surface area contributed by atoms with E-state index in [0.29, 0.717) is 22.6 Å². The molecule has 0 fully saturated rings. The van der Waals surface area contributed by atoms with Gasteiger partial charge in [-0.25, -0.2) is 9.18 Å². The predicted molar refractivity (Wildman–Crippen MR) is 108 cm³/mol. The third-order valence-electron chi connectivity index (χ3n) is 3.97. The Kier molecular flexibility index (Phi) is 6.54. The van der Waals surface area contributed by atoms with E-state index in [2.05, 4.69) is 5.32 Å². The molecule has 0 radical (unpaired) electrons. The number of anilines is 1. The third-order valence-corrected chi connectivity index (χ3v) is 3.97. The summed E-state index contributed by atoms with van der Waals surface area (Å²) in [5.41, 5.74) is 1.29. The summed E-state index contributed by atoms with van der Waals surface area (Å²) in [6.45, 7) is 1.06. The van der Waals surface area contributed by atoms with Gasteiger partial charge in [-0.2, -0.15) is 0 Å². The van der Waals surface area contributed by atoms with Gasteiger partial charge in [0.2, 0.25) is 5.91 Å². The van der Waals surface area contributed by atoms with Crippen LogP contribution in [0.2, 0.25) is 0 Å². The first kappa shape index (κ1) is 20.7. The number of benzene rings is 3. The molecule has 0 heterocycles. The topological polar surface area (TPSA) is 81.7 Å². The molecule has 0 unspecified atom stereocenters. The number of carbonyl (C=O) groups is 3. The average Bonchev–Trinajstić information content (AvgIpc) is 2.73. The fraction of sp³-hybridized carbons (Fsp3) is 0.0870. The van der Waals surface area contributed by atoms with Gasteiger partial charge in [-0.3, -0.25) is 9.59 Å². The van der Waals surface area contributed by atoms with Crippen LogP contribution in [0.3, 0.4) is 0 Å². The van der Waals surface area contributed by atoms with Crippen LogP contribution in [0.25, 0.3) is 0 Å². The monoisotopic (exact) mass is 407 g/mol. The normalized spacial score (nSPS) is 10.2. The summed E-state index contributed by atoms with van der Waals surface area (Å²) in [4.78, 5) is 35.5. The zero-order chi connectivity index (χ0) is 21.5. The molecule has 152 valence electrons. The van der Waals surface area contributed by atoms with Crippen LogP contribution in [0.15, 0.2) is 72.8 Å². The van der Waals surface area contributed by atoms with Gasteiger partial charge in [0.15, 0.2) is 12.4 Å². The number of ketones is 1. The van der Waals surface area contributed by atoms with Gasteiger partial charge in [-0.1, -0.05) is 6.07 Å². The number of hydrogen-bond acceptors (Lipinski definition) is 5. The van der Waals surface area contributed by atoms with Crippen molar-refractivity contribution in [2.75, 3.05) is 11.9 Å². The fourth-order valence-corrected chi connectivity index (χ4v) is 2.61. The lowest BCUT2D eigenvalue weighted by molar-refractivity contribution is -0.136. The Balaban J connectivity index is 1.55. The second-order valence-corrected chi connectivity index (χ2v) is 6.33. The lowest BCUT2D eigenvalue weighted by Gasteiger charge is -2.09. The van der Waals surface area contributed by atoms with Crippen molar-refractivity contribution >= 4 is 23.3 Å². The molecule has 0 spiro atoms. The van der Waals surface area contributed by atoms with Crippen molar-refractivity contribution in [1.29, 1.82) is 0 Å². The standard InChI is InChI=1S/C23H18FNO5/c1-15(26)25-19-3-2-4-21(13-19)29-14-22(27)30-20-11-7-17(8-12-20)23(28)16-5-9-18(24)10-6-16/h2-13H,14H2,1H3,(H,25,26). The van der Waals surface area contributed by atoms with E-state index >= 15 is 0 Å². The van der Waals surface area contributed by atoms with Crippen molar-refractivity contribution < 1.29 is 28.2 Å². The van der Waals surface area contributed by atoms with Gasteiger partial charge in [0, 0.05) is 29.8 Å². The summed E-state index contributed by atoms with van der Waals surface area (Å²) in [5, 5.41) is 2.62. The first-order valence-corrected chi connectivity index (χ1v) is 9.02. The van der Waals surface area contributed by atoms with Crippen LogP contribution < -0.4 is 14.8 Å². The van der Waals surface area contributed by atoms with Gasteiger partial charge in [0.1, 0.15) is 17.3 Å². The van der Waals surface area contributed by atoms with Crippen LogP contribution in [0, 0.1) is 5.82 Å². The molecule has 1 amide bonds. The van der Waals surface area contributed by atoms with Gasteiger partial charge in [0.05, 0.1) is 0 Å². The molecular formula is C23H18FNO5. The van der Waals surface area contributed by atoms with Crippen LogP contribution >= 0.6 is 0 Å². The highest BCUT2D eigenvalue weighted by Gasteiger charge is 2.11. The third kappa shape index (κ3) is 5.75. The van der Waals surface area contributed by atoms with Crippen molar-refractivity contribution in [3.63, 3.8) is 0 Å². The number of carbonyl (C=O) groups excluding carboxylic acids is 3. The van der Waals surface area contributed by atoms with E-state index in [1.165, 1.54) is 55.5 Å². The summed E-state index contributed by atoms with van der Waals surface area (Å²) in [5.74, 6) is -0.872. The highest BCUT2D eigenvalue weighted by atomic mass is 19.1. The summed E-state index contributed by atoms with van der Waals surface area (Å²) in [6, 6.07) is 17.9. The molecule has 0 aliphatic carbocycles. The molecule has 6 nitrogen and oxygen atoms in total. The number of amides is 1. The Morgan fingerprint density at radius 2 is 1.50 bits per heavy atom. The summed E-state index contributed by atoms with van der Waals surface area (Å²) in [6.07, 6.45) is 0. The molecule has 3 aromatic rings. The molecule has 0 aliphatic heterocycles. The highest BCUT2D eigenvalue weighted by molar-refractivity contribution is 6.09. The Labute approximate surface area is 172 Å². The van der Waals surface area contributed by atoms with Crippen LogP contribution in [0.5, 0.6) is 11.5 Å². The maximum atomic E-state index is 13.0. The summed E-state index contributed by atoms with van der Waals surface area (Å²) < 4.78 is 23.6. The Bertz CT molecular complexity index is 1060. The Morgan fingerprint density at radius 1 is 0.867 bits per heavy atom. The van der Waals surface area contributed by atoms with E-state index in [1.807, 2.05) is 0 Å². The molecule has 0 atom stereocenters. The molecule has 7 heteroatoms. The maximum absolute atomic E-state index is 13.0. The maximum Gasteiger partial charge on any atom is 0.349 e. The molecule has 0 saturated heterocycles. The zero-order valence-corrected chi connectivity index (χ0v) is 16.1. The molecular weight excluding hydrogens is 389 g/mol. The first-order chi connectivity index (χ1) is 14.4. The van der Waals surface area contributed by atoms with Crippen molar-refractivity contribution in [2.45, 2.75) is 6.92 Å². The largest absolute Gasteiger partial charge is 0.482 e. The van der Waals surface area contributed by atoms with Crippen molar-refractivity contribution in [2.24, 2.45) is 0 Å². The molecule has 3 rings (SSSR count). The summed E-state index contributed by atoms with van der Waals surface area (Å²) >= 11 is 0. The van der Waals surface area contributed by atoms with E-state index < -0.39 is 11.8 Å². The minimum absolute atomic E-state index is 0.215. The van der Waals surface area contributed by atoms with E-state index in [1.54, 1.807) is 24.3 Å². The van der Waals surface area contributed by atoms with Crippen LogP contribution in [-0.4, -0.2) is 24.3 Å². The fourth-order valence-electron chi connectivity index (χ4n) is 2.61. The molecule has 0 aromatic heterocycles. The number of ether oxygens (including phenoxy) is 2. The van der Waals surface area contributed by atoms with E-state index in [4.69, 9.17) is 9.47 Å². The Hall–Kier alpha value is -4.00. The average molecular weight is 407 g/mol. The summed E-state index contributed by atoms with van der Waals surface area (Å²) in [7, 11) is 0. The van der Waals surface area contributed by atoms with Crippen LogP contribution in [0.4, 0.5) is 10.1 Å². The van der Waals surface area contributed by atoms with Gasteiger partial charge >= 0.3 is 5.97 Å². The SMILES string of the molecule is CC(=O)Nc1cccc(OCC(=O)Oc2ccc(C(=O)c3ccc(F)cc3)cc2)c1. The van der Waals surface area contributed by atoms with Gasteiger partial charge in [-0.05, 0) is 60.7 Å². The lowest BCUT2D eigenvalue weighted by atomic mass is 10.0. The number of hydrogen-bond donors (Lipinski definition) is 1. The first-order valence-electron chi connectivity index (χ1n) is 9.02. The number of halogens is 1. The second kappa shape index (κ2) is 9.47. The molecule has 0 aliphatic rings. The number of rotatable bonds is 7. The van der Waals surface area contributed by atoms with Crippen LogP contribution in [-0.2, 0) is 9.59 Å². The van der Waals surface area contributed by atoms with Crippen molar-refractivity contribution in [3.8, 4) is 11.5 Å². The smallest absolute Gasteiger partial charge is 0.349 e. The predicted octanol–water partition coefficient (Wildman–Crippen LogP) is 4.00. The quantitative estimate of drug-likeness (QED) is 0.364. The minimum atomic E-state index is -0.627. The van der Waals surface area contributed by atoms with E-state index in [9.17, 15) is 18.8 Å². The highest BCUT2D eigenvalue weighted by Crippen LogP contribution is 2.18. The van der Waals surface area contributed by atoms with Crippen LogP contribution in [0.1, 0.15) is 22.8 Å². The van der Waals surface area contributed by atoms with Gasteiger partial charge < -0.3 is 14.8 Å². The van der Waals surface area contributed by atoms with Crippen molar-refractivity contribution in [3.05, 3.63) is 89.7 Å². The lowest BCUT2D eigenvalue weighted by Crippen LogP contribution is -2.17. The minimum Gasteiger partial charge on any atom is -0.482 e. The molecule has 3 aromatic carbocycles. The number of nitrogens with one attached hydrogen (secondary N) is 1. The molecule has 0 bridgehead atoms. The molecule has 30 heavy (non-hydrogen) atoms. The Morgan fingerprint density at radius 3 is 2.13 bits per heavy atom. The second-order valence-electron chi connectivity index (χ2n) is 6.33. The molecule has 0 saturated carbocycles. The van der Waals surface area contributed by atoms with E-state index in [0.717, 1.165) is 0 Å².